The Labute approximate surface area is 94.3 Å². The third-order valence-electron chi connectivity index (χ3n) is 2.84. The molecule has 0 aromatic rings. The summed E-state index contributed by atoms with van der Waals surface area (Å²) in [6.45, 7) is 12.3. The largest absolute Gasteiger partial charge is 0.207 e. The molecule has 0 aliphatic rings. The number of rotatable bonds is 5. The maximum atomic E-state index is 13.8. The lowest BCUT2D eigenvalue weighted by Gasteiger charge is -2.11. The Morgan fingerprint density at radius 2 is 1.67 bits per heavy atom. The van der Waals surface area contributed by atoms with E-state index in [1.54, 1.807) is 6.08 Å². The minimum Gasteiger partial charge on any atom is -0.207 e. The molecule has 0 spiro atoms. The second-order valence-electron chi connectivity index (χ2n) is 4.81. The molecule has 88 valence electrons. The minimum absolute atomic E-state index is 0.0397. The van der Waals surface area contributed by atoms with Crippen LogP contribution in [0.5, 0.6) is 0 Å². The van der Waals surface area contributed by atoms with Crippen molar-refractivity contribution in [2.45, 2.75) is 54.4 Å². The van der Waals surface area contributed by atoms with E-state index in [4.69, 9.17) is 0 Å². The molecule has 0 unspecified atom stereocenters. The molecule has 0 saturated heterocycles. The fourth-order valence-corrected chi connectivity index (χ4v) is 1.37. The van der Waals surface area contributed by atoms with Crippen LogP contribution in [0.15, 0.2) is 23.0 Å². The summed E-state index contributed by atoms with van der Waals surface area (Å²) in [7, 11) is 0. The molecule has 0 aliphatic heterocycles. The second kappa shape index (κ2) is 6.81. The Kier molecular flexibility index (Phi) is 6.55. The van der Waals surface area contributed by atoms with Crippen molar-refractivity contribution < 1.29 is 4.39 Å². The van der Waals surface area contributed by atoms with Crippen molar-refractivity contribution in [2.75, 3.05) is 0 Å². The van der Waals surface area contributed by atoms with Crippen LogP contribution in [0.25, 0.3) is 0 Å². The maximum absolute atomic E-state index is 13.8. The fourth-order valence-electron chi connectivity index (χ4n) is 1.37. The van der Waals surface area contributed by atoms with Gasteiger partial charge in [0, 0.05) is 0 Å². The van der Waals surface area contributed by atoms with E-state index in [9.17, 15) is 4.39 Å². The molecule has 0 heterocycles. The first-order chi connectivity index (χ1) is 6.90. The summed E-state index contributed by atoms with van der Waals surface area (Å²) in [5.74, 6) is 0.689. The molecular formula is C14H25F. The predicted molar refractivity (Wildman–Crippen MR) is 66.5 cm³/mol. The molecule has 0 nitrogen and oxygen atoms in total. The number of halogens is 1. The monoisotopic (exact) mass is 212 g/mol. The van der Waals surface area contributed by atoms with Gasteiger partial charge in [-0.3, -0.25) is 0 Å². The van der Waals surface area contributed by atoms with Gasteiger partial charge in [-0.25, -0.2) is 4.39 Å². The summed E-state index contributed by atoms with van der Waals surface area (Å²) in [5.41, 5.74) is 2.07. The van der Waals surface area contributed by atoms with E-state index in [2.05, 4.69) is 20.8 Å². The van der Waals surface area contributed by atoms with E-state index in [0.29, 0.717) is 5.92 Å². The van der Waals surface area contributed by atoms with Gasteiger partial charge in [0.2, 0.25) is 0 Å². The molecule has 0 radical (unpaired) electrons. The summed E-state index contributed by atoms with van der Waals surface area (Å²) in [6.07, 6.45) is 3.82. The van der Waals surface area contributed by atoms with Crippen molar-refractivity contribution in [3.05, 3.63) is 23.0 Å². The number of hydrogen-bond donors (Lipinski definition) is 0. The third kappa shape index (κ3) is 5.15. The Morgan fingerprint density at radius 3 is 2.00 bits per heavy atom. The fraction of sp³-hybridized carbons (Fsp3) is 0.714. The van der Waals surface area contributed by atoms with E-state index >= 15 is 0 Å². The van der Waals surface area contributed by atoms with E-state index in [-0.39, 0.29) is 11.7 Å². The molecule has 1 heteroatoms. The van der Waals surface area contributed by atoms with Crippen molar-refractivity contribution in [3.63, 3.8) is 0 Å². The van der Waals surface area contributed by atoms with Crippen LogP contribution in [-0.2, 0) is 0 Å². The van der Waals surface area contributed by atoms with Crippen LogP contribution in [0.1, 0.15) is 54.4 Å². The molecule has 0 aromatic heterocycles. The van der Waals surface area contributed by atoms with Crippen LogP contribution < -0.4 is 0 Å². The van der Waals surface area contributed by atoms with Gasteiger partial charge in [-0.1, -0.05) is 46.6 Å². The summed E-state index contributed by atoms with van der Waals surface area (Å²) in [6, 6.07) is 0. The quantitative estimate of drug-likeness (QED) is 0.545. The number of hydrogen-bond acceptors (Lipinski definition) is 0. The Morgan fingerprint density at radius 1 is 1.13 bits per heavy atom. The Bertz CT molecular complexity index is 244. The van der Waals surface area contributed by atoms with Gasteiger partial charge in [0.25, 0.3) is 0 Å². The first-order valence-electron chi connectivity index (χ1n) is 5.96. The topological polar surface area (TPSA) is 0 Å². The van der Waals surface area contributed by atoms with Gasteiger partial charge in [-0.15, -0.1) is 0 Å². The third-order valence-corrected chi connectivity index (χ3v) is 2.84. The highest BCUT2D eigenvalue weighted by Crippen LogP contribution is 2.22. The molecule has 0 aromatic carbocycles. The van der Waals surface area contributed by atoms with Gasteiger partial charge in [-0.2, -0.15) is 0 Å². The highest BCUT2D eigenvalue weighted by molar-refractivity contribution is 5.24. The first kappa shape index (κ1) is 14.4. The Balaban J connectivity index is 4.89. The SMILES string of the molecule is CCC/C(=C\C(F)=C(/C)C(C)C)C(C)C. The van der Waals surface area contributed by atoms with Crippen molar-refractivity contribution in [2.24, 2.45) is 11.8 Å². The molecular weight excluding hydrogens is 187 g/mol. The molecule has 0 N–H and O–H groups in total. The van der Waals surface area contributed by atoms with E-state index in [0.717, 1.165) is 18.4 Å². The van der Waals surface area contributed by atoms with Crippen molar-refractivity contribution in [1.82, 2.24) is 0 Å². The van der Waals surface area contributed by atoms with Gasteiger partial charge >= 0.3 is 0 Å². The molecule has 15 heavy (non-hydrogen) atoms. The standard InChI is InChI=1S/C14H25F/c1-7-8-13(11(4)5)9-14(15)12(6)10(2)3/h9-11H,7-8H2,1-6H3/b13-9+,14-12-. The summed E-state index contributed by atoms with van der Waals surface area (Å²) >= 11 is 0. The smallest absolute Gasteiger partial charge is 0.122 e. The second-order valence-corrected chi connectivity index (χ2v) is 4.81. The minimum atomic E-state index is -0.0397. The zero-order valence-corrected chi connectivity index (χ0v) is 11.0. The molecule has 0 bridgehead atoms. The highest BCUT2D eigenvalue weighted by atomic mass is 19.1. The predicted octanol–water partition coefficient (Wildman–Crippen LogP) is 5.27. The molecule has 0 saturated carbocycles. The molecule has 0 atom stereocenters. The van der Waals surface area contributed by atoms with E-state index in [1.165, 1.54) is 5.57 Å². The normalized spacial score (nSPS) is 14.9. The van der Waals surface area contributed by atoms with Crippen molar-refractivity contribution in [3.8, 4) is 0 Å². The first-order valence-corrected chi connectivity index (χ1v) is 5.96. The van der Waals surface area contributed by atoms with E-state index < -0.39 is 0 Å². The molecule has 0 fully saturated rings. The molecule has 0 aliphatic carbocycles. The highest BCUT2D eigenvalue weighted by Gasteiger charge is 2.07. The summed E-state index contributed by atoms with van der Waals surface area (Å²) in [5, 5.41) is 0. The van der Waals surface area contributed by atoms with Gasteiger partial charge < -0.3 is 0 Å². The zero-order valence-electron chi connectivity index (χ0n) is 11.0. The van der Waals surface area contributed by atoms with Gasteiger partial charge in [0.15, 0.2) is 0 Å². The van der Waals surface area contributed by atoms with Crippen LogP contribution in [0.3, 0.4) is 0 Å². The average molecular weight is 212 g/mol. The van der Waals surface area contributed by atoms with Crippen LogP contribution in [0.4, 0.5) is 4.39 Å². The molecule has 0 amide bonds. The lowest BCUT2D eigenvalue weighted by Crippen LogP contribution is -1.96. The van der Waals surface area contributed by atoms with Crippen molar-refractivity contribution >= 4 is 0 Å². The van der Waals surface area contributed by atoms with Gasteiger partial charge in [0.1, 0.15) is 5.83 Å². The lowest BCUT2D eigenvalue weighted by molar-refractivity contribution is 0.608. The van der Waals surface area contributed by atoms with Crippen LogP contribution in [0.2, 0.25) is 0 Å². The van der Waals surface area contributed by atoms with Crippen LogP contribution in [0, 0.1) is 11.8 Å². The van der Waals surface area contributed by atoms with Gasteiger partial charge in [-0.05, 0) is 36.8 Å². The Hall–Kier alpha value is -0.590. The summed E-state index contributed by atoms with van der Waals surface area (Å²) in [4.78, 5) is 0. The van der Waals surface area contributed by atoms with E-state index in [1.807, 2.05) is 20.8 Å². The maximum Gasteiger partial charge on any atom is 0.122 e. The van der Waals surface area contributed by atoms with Gasteiger partial charge in [0.05, 0.1) is 0 Å². The van der Waals surface area contributed by atoms with Crippen LogP contribution in [-0.4, -0.2) is 0 Å². The van der Waals surface area contributed by atoms with Crippen molar-refractivity contribution in [1.29, 1.82) is 0 Å². The molecule has 0 rings (SSSR count). The van der Waals surface area contributed by atoms with Crippen LogP contribution >= 0.6 is 0 Å². The summed E-state index contributed by atoms with van der Waals surface area (Å²) < 4.78 is 13.8. The lowest BCUT2D eigenvalue weighted by atomic mass is 9.96. The average Bonchev–Trinajstić information content (AvgIpc) is 2.15. The zero-order chi connectivity index (χ0) is 12.0. The number of allylic oxidation sites excluding steroid dienone is 4.